The van der Waals surface area contributed by atoms with E-state index in [9.17, 15) is 4.79 Å². The fourth-order valence-corrected chi connectivity index (χ4v) is 2.50. The number of aromatic nitrogens is 1. The first-order valence-corrected chi connectivity index (χ1v) is 6.41. The maximum Gasteiger partial charge on any atom is 0.152 e. The van der Waals surface area contributed by atoms with E-state index in [1.54, 1.807) is 13.0 Å². The van der Waals surface area contributed by atoms with Crippen LogP contribution in [0.5, 0.6) is 0 Å². The molecule has 90 valence electrons. The molecule has 17 heavy (non-hydrogen) atoms. The Bertz CT molecular complexity index is 417. The van der Waals surface area contributed by atoms with Crippen LogP contribution in [0.4, 0.5) is 0 Å². The summed E-state index contributed by atoms with van der Waals surface area (Å²) in [6.45, 7) is 1.58. The van der Waals surface area contributed by atoms with Gasteiger partial charge in [-0.2, -0.15) is 0 Å². The van der Waals surface area contributed by atoms with Crippen molar-refractivity contribution in [2.24, 2.45) is 0 Å². The quantitative estimate of drug-likeness (QED) is 0.739. The van der Waals surface area contributed by atoms with Crippen molar-refractivity contribution in [1.29, 1.82) is 0 Å². The Morgan fingerprint density at radius 3 is 2.82 bits per heavy atom. The maximum atomic E-state index is 11.0. The van der Waals surface area contributed by atoms with Gasteiger partial charge in [0.25, 0.3) is 0 Å². The number of rotatable bonds is 3. The Morgan fingerprint density at radius 1 is 1.35 bits per heavy atom. The van der Waals surface area contributed by atoms with E-state index in [0.29, 0.717) is 5.92 Å². The Labute approximate surface area is 103 Å². The van der Waals surface area contributed by atoms with E-state index in [-0.39, 0.29) is 5.78 Å². The van der Waals surface area contributed by atoms with Crippen LogP contribution in [-0.2, 0) is 4.79 Å². The number of pyridine rings is 1. The molecule has 0 amide bonds. The fourth-order valence-electron chi connectivity index (χ4n) is 2.50. The molecule has 0 N–H and O–H groups in total. The molecule has 1 aliphatic carbocycles. The molecule has 1 aromatic rings. The number of carbonyl (C=O) groups is 1. The van der Waals surface area contributed by atoms with Crippen molar-refractivity contribution in [3.8, 4) is 0 Å². The molecule has 0 atom stereocenters. The van der Waals surface area contributed by atoms with Crippen LogP contribution in [0.25, 0.3) is 6.08 Å². The Hall–Kier alpha value is -1.44. The summed E-state index contributed by atoms with van der Waals surface area (Å²) in [6.07, 6.45) is 11.8. The van der Waals surface area contributed by atoms with Crippen molar-refractivity contribution >= 4 is 11.9 Å². The molecule has 1 aromatic heterocycles. The lowest BCUT2D eigenvalue weighted by molar-refractivity contribution is -0.112. The minimum absolute atomic E-state index is 0.0865. The summed E-state index contributed by atoms with van der Waals surface area (Å²) < 4.78 is 0. The van der Waals surface area contributed by atoms with Gasteiger partial charge in [-0.05, 0) is 43.5 Å². The smallest absolute Gasteiger partial charge is 0.152 e. The molecular weight excluding hydrogens is 210 g/mol. The van der Waals surface area contributed by atoms with Gasteiger partial charge in [-0.25, -0.2) is 0 Å². The van der Waals surface area contributed by atoms with E-state index in [2.05, 4.69) is 11.1 Å². The van der Waals surface area contributed by atoms with Crippen molar-refractivity contribution in [3.63, 3.8) is 0 Å². The predicted molar refractivity (Wildman–Crippen MR) is 69.8 cm³/mol. The molecule has 0 aromatic carbocycles. The van der Waals surface area contributed by atoms with Gasteiger partial charge >= 0.3 is 0 Å². The second-order valence-corrected chi connectivity index (χ2v) is 4.76. The Balaban J connectivity index is 2.23. The monoisotopic (exact) mass is 229 g/mol. The Kier molecular flexibility index (Phi) is 4.08. The van der Waals surface area contributed by atoms with Crippen LogP contribution in [0, 0.1) is 0 Å². The molecule has 0 bridgehead atoms. The second-order valence-electron chi connectivity index (χ2n) is 4.76. The van der Waals surface area contributed by atoms with Crippen LogP contribution < -0.4 is 0 Å². The van der Waals surface area contributed by atoms with Crippen LogP contribution in [0.1, 0.15) is 56.2 Å². The van der Waals surface area contributed by atoms with E-state index < -0.39 is 0 Å². The number of allylic oxidation sites excluding steroid dienone is 1. The average molecular weight is 229 g/mol. The summed E-state index contributed by atoms with van der Waals surface area (Å²) in [6, 6.07) is 3.99. The largest absolute Gasteiger partial charge is 0.295 e. The van der Waals surface area contributed by atoms with Crippen LogP contribution in [0.15, 0.2) is 24.4 Å². The lowest BCUT2D eigenvalue weighted by Gasteiger charge is -2.22. The van der Waals surface area contributed by atoms with Crippen molar-refractivity contribution in [2.45, 2.75) is 44.9 Å². The number of hydrogen-bond acceptors (Lipinski definition) is 2. The highest BCUT2D eigenvalue weighted by Gasteiger charge is 2.18. The molecule has 1 heterocycles. The van der Waals surface area contributed by atoms with Crippen LogP contribution in [0.3, 0.4) is 0 Å². The Morgan fingerprint density at radius 2 is 2.12 bits per heavy atom. The van der Waals surface area contributed by atoms with Crippen molar-refractivity contribution < 1.29 is 4.79 Å². The van der Waals surface area contributed by atoms with Gasteiger partial charge in [-0.3, -0.25) is 9.78 Å². The number of nitrogens with zero attached hydrogens (tertiary/aromatic N) is 1. The predicted octanol–water partition coefficient (Wildman–Crippen LogP) is 3.73. The van der Waals surface area contributed by atoms with Crippen LogP contribution >= 0.6 is 0 Å². The van der Waals surface area contributed by atoms with Crippen molar-refractivity contribution in [3.05, 3.63) is 35.7 Å². The highest BCUT2D eigenvalue weighted by molar-refractivity contribution is 5.91. The van der Waals surface area contributed by atoms with Gasteiger partial charge in [0.15, 0.2) is 5.78 Å². The minimum Gasteiger partial charge on any atom is -0.295 e. The first kappa shape index (κ1) is 12.0. The lowest BCUT2D eigenvalue weighted by Crippen LogP contribution is -2.08. The first-order valence-electron chi connectivity index (χ1n) is 6.41. The molecule has 0 saturated heterocycles. The van der Waals surface area contributed by atoms with E-state index in [4.69, 9.17) is 0 Å². The summed E-state index contributed by atoms with van der Waals surface area (Å²) in [7, 11) is 0. The molecule has 2 nitrogen and oxygen atoms in total. The number of hydrogen-bond donors (Lipinski definition) is 0. The molecule has 1 saturated carbocycles. The molecule has 0 unspecified atom stereocenters. The SMILES string of the molecule is CC(=O)/C=C/c1cccnc1C1CCCCC1. The van der Waals surface area contributed by atoms with E-state index in [1.807, 2.05) is 18.3 Å². The fraction of sp³-hybridized carbons (Fsp3) is 0.467. The molecule has 0 aliphatic heterocycles. The van der Waals surface area contributed by atoms with Crippen molar-refractivity contribution in [1.82, 2.24) is 4.98 Å². The maximum absolute atomic E-state index is 11.0. The van der Waals surface area contributed by atoms with Gasteiger partial charge in [0.1, 0.15) is 0 Å². The number of ketones is 1. The van der Waals surface area contributed by atoms with Crippen molar-refractivity contribution in [2.75, 3.05) is 0 Å². The summed E-state index contributed by atoms with van der Waals surface area (Å²) in [5, 5.41) is 0. The second kappa shape index (κ2) is 5.76. The molecule has 1 fully saturated rings. The van der Waals surface area contributed by atoms with Gasteiger partial charge in [0.2, 0.25) is 0 Å². The normalized spacial score (nSPS) is 17.5. The van der Waals surface area contributed by atoms with Crippen LogP contribution in [0.2, 0.25) is 0 Å². The van der Waals surface area contributed by atoms with Gasteiger partial charge < -0.3 is 0 Å². The first-order chi connectivity index (χ1) is 8.27. The zero-order valence-electron chi connectivity index (χ0n) is 10.4. The minimum atomic E-state index is 0.0865. The third-order valence-corrected chi connectivity index (χ3v) is 3.36. The third kappa shape index (κ3) is 3.26. The van der Waals surface area contributed by atoms with Gasteiger partial charge in [0, 0.05) is 12.1 Å². The van der Waals surface area contributed by atoms with Gasteiger partial charge in [-0.15, -0.1) is 0 Å². The summed E-state index contributed by atoms with van der Waals surface area (Å²) in [5.41, 5.74) is 2.28. The summed E-state index contributed by atoms with van der Waals surface area (Å²) >= 11 is 0. The molecule has 0 radical (unpaired) electrons. The highest BCUT2D eigenvalue weighted by Crippen LogP contribution is 2.33. The van der Waals surface area contributed by atoms with E-state index >= 15 is 0 Å². The third-order valence-electron chi connectivity index (χ3n) is 3.36. The molecule has 0 spiro atoms. The van der Waals surface area contributed by atoms with Gasteiger partial charge in [0.05, 0.1) is 5.69 Å². The summed E-state index contributed by atoms with van der Waals surface area (Å²) in [5.74, 6) is 0.667. The van der Waals surface area contributed by atoms with E-state index in [0.717, 1.165) is 5.56 Å². The van der Waals surface area contributed by atoms with E-state index in [1.165, 1.54) is 37.8 Å². The zero-order chi connectivity index (χ0) is 12.1. The highest BCUT2D eigenvalue weighted by atomic mass is 16.1. The molecular formula is C15H19NO. The van der Waals surface area contributed by atoms with Gasteiger partial charge in [-0.1, -0.05) is 25.3 Å². The molecule has 2 heteroatoms. The zero-order valence-corrected chi connectivity index (χ0v) is 10.4. The standard InChI is InChI=1S/C15H19NO/c1-12(17)9-10-14-8-5-11-16-15(14)13-6-3-2-4-7-13/h5,8-11,13H,2-4,6-7H2,1H3/b10-9+. The summed E-state index contributed by atoms with van der Waals surface area (Å²) in [4.78, 5) is 15.5. The number of carbonyl (C=O) groups excluding carboxylic acids is 1. The molecule has 2 rings (SSSR count). The topological polar surface area (TPSA) is 30.0 Å². The molecule has 1 aliphatic rings. The average Bonchev–Trinajstić information content (AvgIpc) is 2.38. The van der Waals surface area contributed by atoms with Crippen LogP contribution in [-0.4, -0.2) is 10.8 Å². The lowest BCUT2D eigenvalue weighted by atomic mass is 9.85.